The average Bonchev–Trinajstić information content (AvgIpc) is 2.70. The molecule has 0 amide bonds. The van der Waals surface area contributed by atoms with Gasteiger partial charge in [0.1, 0.15) is 11.4 Å². The first-order chi connectivity index (χ1) is 7.66. The lowest BCUT2D eigenvalue weighted by atomic mass is 10.2. The highest BCUT2D eigenvalue weighted by Crippen LogP contribution is 2.17. The Morgan fingerprint density at radius 1 is 1.62 bits per heavy atom. The van der Waals surface area contributed by atoms with Crippen molar-refractivity contribution in [3.63, 3.8) is 0 Å². The lowest BCUT2D eigenvalue weighted by Crippen LogP contribution is -2.21. The number of nitrogens with one attached hydrogen (secondary N) is 1. The van der Waals surface area contributed by atoms with Gasteiger partial charge in [-0.25, -0.2) is 9.78 Å². The molecule has 2 rings (SSSR count). The van der Waals surface area contributed by atoms with Gasteiger partial charge in [0, 0.05) is 12.3 Å². The van der Waals surface area contributed by atoms with E-state index < -0.39 is 5.97 Å². The highest BCUT2D eigenvalue weighted by Gasteiger charge is 2.19. The number of hydrogen-bond acceptors (Lipinski definition) is 4. The SMILES string of the molecule is Cc1ccc(C(=O)O)c(NC2CCOC2)n1. The van der Waals surface area contributed by atoms with E-state index in [1.165, 1.54) is 0 Å². The van der Waals surface area contributed by atoms with Crippen LogP contribution in [-0.2, 0) is 4.74 Å². The molecule has 5 nitrogen and oxygen atoms in total. The molecule has 1 fully saturated rings. The van der Waals surface area contributed by atoms with Crippen molar-refractivity contribution < 1.29 is 14.6 Å². The minimum absolute atomic E-state index is 0.160. The van der Waals surface area contributed by atoms with E-state index in [4.69, 9.17) is 9.84 Å². The molecule has 0 aromatic carbocycles. The smallest absolute Gasteiger partial charge is 0.339 e. The fraction of sp³-hybridized carbons (Fsp3) is 0.455. The van der Waals surface area contributed by atoms with Gasteiger partial charge in [0.2, 0.25) is 0 Å². The van der Waals surface area contributed by atoms with Gasteiger partial charge in [-0.15, -0.1) is 0 Å². The summed E-state index contributed by atoms with van der Waals surface area (Å²) in [6, 6.07) is 3.43. The second kappa shape index (κ2) is 4.49. The third-order valence-electron chi connectivity index (χ3n) is 2.54. The molecule has 1 aliphatic heterocycles. The zero-order valence-electron chi connectivity index (χ0n) is 9.06. The van der Waals surface area contributed by atoms with Crippen LogP contribution in [0.1, 0.15) is 22.5 Å². The van der Waals surface area contributed by atoms with Crippen molar-refractivity contribution in [1.29, 1.82) is 0 Å². The minimum Gasteiger partial charge on any atom is -0.478 e. The first-order valence-electron chi connectivity index (χ1n) is 5.22. The lowest BCUT2D eigenvalue weighted by Gasteiger charge is -2.13. The van der Waals surface area contributed by atoms with E-state index >= 15 is 0 Å². The number of aryl methyl sites for hydroxylation is 1. The predicted molar refractivity (Wildman–Crippen MR) is 58.8 cm³/mol. The molecule has 86 valence electrons. The summed E-state index contributed by atoms with van der Waals surface area (Å²) in [5, 5.41) is 12.1. The number of nitrogens with zero attached hydrogens (tertiary/aromatic N) is 1. The summed E-state index contributed by atoms with van der Waals surface area (Å²) in [5.41, 5.74) is 1.00. The largest absolute Gasteiger partial charge is 0.478 e. The zero-order chi connectivity index (χ0) is 11.5. The lowest BCUT2D eigenvalue weighted by molar-refractivity contribution is 0.0697. The van der Waals surface area contributed by atoms with Gasteiger partial charge in [0.05, 0.1) is 12.6 Å². The van der Waals surface area contributed by atoms with Crippen molar-refractivity contribution in [2.24, 2.45) is 0 Å². The number of anilines is 1. The van der Waals surface area contributed by atoms with Crippen LogP contribution in [0.25, 0.3) is 0 Å². The quantitative estimate of drug-likeness (QED) is 0.806. The second-order valence-electron chi connectivity index (χ2n) is 3.86. The number of aromatic carboxylic acids is 1. The van der Waals surface area contributed by atoms with Crippen LogP contribution < -0.4 is 5.32 Å². The maximum atomic E-state index is 11.0. The van der Waals surface area contributed by atoms with Crippen LogP contribution in [0.2, 0.25) is 0 Å². The molecule has 2 N–H and O–H groups in total. The van der Waals surface area contributed by atoms with Gasteiger partial charge < -0.3 is 15.2 Å². The summed E-state index contributed by atoms with van der Waals surface area (Å²) < 4.78 is 5.22. The summed E-state index contributed by atoms with van der Waals surface area (Å²) >= 11 is 0. The molecule has 5 heteroatoms. The average molecular weight is 222 g/mol. The first-order valence-corrected chi connectivity index (χ1v) is 5.22. The van der Waals surface area contributed by atoms with E-state index in [2.05, 4.69) is 10.3 Å². The Labute approximate surface area is 93.5 Å². The van der Waals surface area contributed by atoms with Crippen molar-refractivity contribution >= 4 is 11.8 Å². The van der Waals surface area contributed by atoms with Crippen LogP contribution in [-0.4, -0.2) is 35.3 Å². The van der Waals surface area contributed by atoms with Crippen LogP contribution in [0.3, 0.4) is 0 Å². The topological polar surface area (TPSA) is 71.5 Å². The number of carboxylic acid groups (broad SMARTS) is 1. The highest BCUT2D eigenvalue weighted by molar-refractivity contribution is 5.93. The summed E-state index contributed by atoms with van der Waals surface area (Å²) in [7, 11) is 0. The van der Waals surface area contributed by atoms with Crippen molar-refractivity contribution in [2.75, 3.05) is 18.5 Å². The van der Waals surface area contributed by atoms with E-state index in [9.17, 15) is 4.79 Å². The predicted octanol–water partition coefficient (Wildman–Crippen LogP) is 1.29. The molecule has 0 spiro atoms. The minimum atomic E-state index is -0.964. The number of carboxylic acids is 1. The Balaban J connectivity index is 2.22. The number of aromatic nitrogens is 1. The second-order valence-corrected chi connectivity index (χ2v) is 3.86. The Morgan fingerprint density at radius 2 is 2.44 bits per heavy atom. The van der Waals surface area contributed by atoms with Crippen LogP contribution in [0.15, 0.2) is 12.1 Å². The van der Waals surface area contributed by atoms with Crippen LogP contribution in [0, 0.1) is 6.92 Å². The number of carbonyl (C=O) groups is 1. The van der Waals surface area contributed by atoms with E-state index in [0.29, 0.717) is 19.0 Å². The number of pyridine rings is 1. The molecule has 1 atom stereocenters. The van der Waals surface area contributed by atoms with E-state index in [0.717, 1.165) is 12.1 Å². The molecule has 0 bridgehead atoms. The summed E-state index contributed by atoms with van der Waals surface area (Å²) in [4.78, 5) is 15.2. The summed E-state index contributed by atoms with van der Waals surface area (Å²) in [6.45, 7) is 3.16. The molecule has 0 saturated carbocycles. The van der Waals surface area contributed by atoms with Gasteiger partial charge in [-0.2, -0.15) is 0 Å². The molecular formula is C11H14N2O3. The van der Waals surface area contributed by atoms with Gasteiger partial charge in [-0.3, -0.25) is 0 Å². The van der Waals surface area contributed by atoms with Gasteiger partial charge in [0.15, 0.2) is 0 Å². The van der Waals surface area contributed by atoms with Crippen LogP contribution in [0.5, 0.6) is 0 Å². The third-order valence-corrected chi connectivity index (χ3v) is 2.54. The van der Waals surface area contributed by atoms with Crippen LogP contribution >= 0.6 is 0 Å². The van der Waals surface area contributed by atoms with Crippen molar-refractivity contribution in [3.8, 4) is 0 Å². The zero-order valence-corrected chi connectivity index (χ0v) is 9.06. The molecule has 1 aromatic rings. The molecule has 1 aliphatic rings. The van der Waals surface area contributed by atoms with Gasteiger partial charge in [-0.05, 0) is 25.5 Å². The monoisotopic (exact) mass is 222 g/mol. The Hall–Kier alpha value is -1.62. The highest BCUT2D eigenvalue weighted by atomic mass is 16.5. The number of ether oxygens (including phenoxy) is 1. The molecule has 1 unspecified atom stereocenters. The molecule has 0 aliphatic carbocycles. The standard InChI is InChI=1S/C11H14N2O3/c1-7-2-3-9(11(14)15)10(12-7)13-8-4-5-16-6-8/h2-3,8H,4-6H2,1H3,(H,12,13)(H,14,15). The maximum Gasteiger partial charge on any atom is 0.339 e. The van der Waals surface area contributed by atoms with Crippen molar-refractivity contribution in [1.82, 2.24) is 4.98 Å². The number of hydrogen-bond donors (Lipinski definition) is 2. The molecule has 1 aromatic heterocycles. The van der Waals surface area contributed by atoms with E-state index in [1.807, 2.05) is 6.92 Å². The van der Waals surface area contributed by atoms with Crippen molar-refractivity contribution in [2.45, 2.75) is 19.4 Å². The van der Waals surface area contributed by atoms with E-state index in [1.54, 1.807) is 12.1 Å². The Kier molecular flexibility index (Phi) is 3.05. The maximum absolute atomic E-state index is 11.0. The number of rotatable bonds is 3. The first kappa shape index (κ1) is 10.9. The van der Waals surface area contributed by atoms with Gasteiger partial charge in [0.25, 0.3) is 0 Å². The molecular weight excluding hydrogens is 208 g/mol. The molecule has 2 heterocycles. The van der Waals surface area contributed by atoms with Gasteiger partial charge >= 0.3 is 5.97 Å². The molecule has 16 heavy (non-hydrogen) atoms. The fourth-order valence-corrected chi connectivity index (χ4v) is 1.68. The Bertz CT molecular complexity index is 400. The van der Waals surface area contributed by atoms with Crippen molar-refractivity contribution in [3.05, 3.63) is 23.4 Å². The van der Waals surface area contributed by atoms with Gasteiger partial charge in [-0.1, -0.05) is 0 Å². The molecule has 1 saturated heterocycles. The Morgan fingerprint density at radius 3 is 3.06 bits per heavy atom. The molecule has 0 radical (unpaired) electrons. The third kappa shape index (κ3) is 2.30. The van der Waals surface area contributed by atoms with Crippen LogP contribution in [0.4, 0.5) is 5.82 Å². The van der Waals surface area contributed by atoms with E-state index in [-0.39, 0.29) is 11.6 Å². The summed E-state index contributed by atoms with van der Waals surface area (Å²) in [5.74, 6) is -0.531. The summed E-state index contributed by atoms with van der Waals surface area (Å²) in [6.07, 6.45) is 0.884. The fourth-order valence-electron chi connectivity index (χ4n) is 1.68. The normalized spacial score (nSPS) is 19.7.